The van der Waals surface area contributed by atoms with Crippen molar-refractivity contribution < 1.29 is 26.3 Å². The van der Waals surface area contributed by atoms with Crippen molar-refractivity contribution in [1.82, 2.24) is 9.03 Å². The third-order valence-corrected chi connectivity index (χ3v) is 6.52. The van der Waals surface area contributed by atoms with Gasteiger partial charge in [0.15, 0.2) is 0 Å². The highest BCUT2D eigenvalue weighted by molar-refractivity contribution is 7.89. The summed E-state index contributed by atoms with van der Waals surface area (Å²) in [5.41, 5.74) is 1.73. The van der Waals surface area contributed by atoms with Crippen LogP contribution in [0.15, 0.2) is 17.0 Å². The molecule has 1 N–H and O–H groups in total. The molecule has 0 bridgehead atoms. The quantitative estimate of drug-likeness (QED) is 0.620. The maximum absolute atomic E-state index is 12.5. The largest absolute Gasteiger partial charge is 0.495 e. The van der Waals surface area contributed by atoms with E-state index < -0.39 is 20.0 Å². The molecule has 0 amide bonds. The molecular weight excluding hydrogens is 368 g/mol. The van der Waals surface area contributed by atoms with Gasteiger partial charge in [-0.1, -0.05) is 0 Å². The van der Waals surface area contributed by atoms with Crippen LogP contribution in [0.4, 0.5) is 0 Å². The average Bonchev–Trinajstić information content (AvgIpc) is 2.51. The highest BCUT2D eigenvalue weighted by Crippen LogP contribution is 2.27. The van der Waals surface area contributed by atoms with Crippen molar-refractivity contribution >= 4 is 20.0 Å². The second kappa shape index (κ2) is 8.95. The number of benzene rings is 1. The smallest absolute Gasteiger partial charge is 0.244 e. The fraction of sp³-hybridized carbons (Fsp3) is 0.600. The first-order chi connectivity index (χ1) is 11.5. The predicted molar refractivity (Wildman–Crippen MR) is 95.9 cm³/mol. The number of nitrogens with one attached hydrogen (secondary N) is 1. The molecule has 0 unspecified atom stereocenters. The fourth-order valence-corrected chi connectivity index (χ4v) is 4.24. The van der Waals surface area contributed by atoms with Crippen molar-refractivity contribution in [1.29, 1.82) is 0 Å². The van der Waals surface area contributed by atoms with Crippen LogP contribution in [0, 0.1) is 13.8 Å². The molecule has 1 aromatic carbocycles. The van der Waals surface area contributed by atoms with Crippen LogP contribution in [-0.2, 0) is 24.8 Å². The topological polar surface area (TPSA) is 102 Å². The second-order valence-corrected chi connectivity index (χ2v) is 9.36. The van der Waals surface area contributed by atoms with Crippen LogP contribution >= 0.6 is 0 Å². The van der Waals surface area contributed by atoms with Gasteiger partial charge in [-0.05, 0) is 37.1 Å². The van der Waals surface area contributed by atoms with Gasteiger partial charge >= 0.3 is 0 Å². The van der Waals surface area contributed by atoms with Crippen LogP contribution in [0.1, 0.15) is 11.1 Å². The summed E-state index contributed by atoms with van der Waals surface area (Å²) in [5, 5.41) is 0. The van der Waals surface area contributed by atoms with Gasteiger partial charge in [-0.2, -0.15) is 4.31 Å². The molecule has 0 heterocycles. The van der Waals surface area contributed by atoms with Gasteiger partial charge in [-0.3, -0.25) is 0 Å². The maximum atomic E-state index is 12.5. The summed E-state index contributed by atoms with van der Waals surface area (Å²) in [5.74, 6) is 0.245. The predicted octanol–water partition coefficient (Wildman–Crippen LogP) is 0.498. The van der Waals surface area contributed by atoms with E-state index >= 15 is 0 Å². The molecule has 0 radical (unpaired) electrons. The van der Waals surface area contributed by atoms with Gasteiger partial charge in [0.25, 0.3) is 0 Å². The van der Waals surface area contributed by atoms with Crippen molar-refractivity contribution in [2.24, 2.45) is 0 Å². The molecule has 10 heteroatoms. The van der Waals surface area contributed by atoms with E-state index in [0.717, 1.165) is 21.7 Å². The molecule has 0 fully saturated rings. The standard InChI is InChI=1S/C15H26N2O6S2/c1-12-10-14(23-4)15(11-13(12)2)25(20,21)16-6-7-17(8-9-22-3)24(5,18)19/h10-11,16H,6-9H2,1-5H3. The minimum atomic E-state index is -3.83. The number of nitrogens with zero attached hydrogens (tertiary/aromatic N) is 1. The van der Waals surface area contributed by atoms with E-state index in [-0.39, 0.29) is 36.9 Å². The van der Waals surface area contributed by atoms with Crippen molar-refractivity contribution in [3.63, 3.8) is 0 Å². The van der Waals surface area contributed by atoms with E-state index in [2.05, 4.69) is 4.72 Å². The third-order valence-electron chi connectivity index (χ3n) is 3.74. The van der Waals surface area contributed by atoms with Crippen molar-refractivity contribution in [3.05, 3.63) is 23.3 Å². The second-order valence-electron chi connectivity index (χ2n) is 5.64. The Bertz CT molecular complexity index is 790. The first-order valence-electron chi connectivity index (χ1n) is 7.62. The van der Waals surface area contributed by atoms with Crippen molar-refractivity contribution in [3.8, 4) is 5.75 Å². The monoisotopic (exact) mass is 394 g/mol. The number of sulfonamides is 2. The van der Waals surface area contributed by atoms with Crippen molar-refractivity contribution in [2.45, 2.75) is 18.7 Å². The van der Waals surface area contributed by atoms with Crippen LogP contribution in [0.2, 0.25) is 0 Å². The molecule has 0 aromatic heterocycles. The number of methoxy groups -OCH3 is 2. The van der Waals surface area contributed by atoms with E-state index in [9.17, 15) is 16.8 Å². The lowest BCUT2D eigenvalue weighted by atomic mass is 10.1. The Kier molecular flexibility index (Phi) is 7.82. The van der Waals surface area contributed by atoms with Crippen LogP contribution in [0.25, 0.3) is 0 Å². The van der Waals surface area contributed by atoms with Gasteiger partial charge in [-0.15, -0.1) is 0 Å². The normalized spacial score (nSPS) is 12.6. The maximum Gasteiger partial charge on any atom is 0.244 e. The summed E-state index contributed by atoms with van der Waals surface area (Å²) in [6.07, 6.45) is 1.07. The fourth-order valence-electron chi connectivity index (χ4n) is 2.15. The lowest BCUT2D eigenvalue weighted by molar-refractivity contribution is 0.179. The van der Waals surface area contributed by atoms with Crippen LogP contribution in [-0.4, -0.2) is 67.9 Å². The van der Waals surface area contributed by atoms with E-state index in [1.165, 1.54) is 20.3 Å². The van der Waals surface area contributed by atoms with Crippen LogP contribution < -0.4 is 9.46 Å². The van der Waals surface area contributed by atoms with Crippen molar-refractivity contribution in [2.75, 3.05) is 46.7 Å². The third kappa shape index (κ3) is 6.23. The molecule has 144 valence electrons. The molecule has 0 saturated carbocycles. The first kappa shape index (κ1) is 21.8. The SMILES string of the molecule is COCCN(CCNS(=O)(=O)c1cc(C)c(C)cc1OC)S(C)(=O)=O. The molecule has 0 atom stereocenters. The molecule has 0 aliphatic heterocycles. The summed E-state index contributed by atoms with van der Waals surface area (Å²) >= 11 is 0. The van der Waals surface area contributed by atoms with E-state index in [1.54, 1.807) is 6.07 Å². The molecule has 0 aliphatic rings. The molecular formula is C15H26N2O6S2. The first-order valence-corrected chi connectivity index (χ1v) is 10.9. The van der Waals surface area contributed by atoms with Gasteiger partial charge in [0.2, 0.25) is 20.0 Å². The average molecular weight is 395 g/mol. The highest BCUT2D eigenvalue weighted by atomic mass is 32.2. The molecule has 1 rings (SSSR count). The van der Waals surface area contributed by atoms with E-state index in [4.69, 9.17) is 9.47 Å². The van der Waals surface area contributed by atoms with E-state index in [1.807, 2.05) is 13.8 Å². The molecule has 0 saturated heterocycles. The summed E-state index contributed by atoms with van der Waals surface area (Å²) < 4.78 is 62.1. The zero-order chi connectivity index (χ0) is 19.3. The summed E-state index contributed by atoms with van der Waals surface area (Å²) in [4.78, 5) is 0.0286. The molecule has 0 aliphatic carbocycles. The zero-order valence-corrected chi connectivity index (χ0v) is 16.8. The Morgan fingerprint density at radius 3 is 2.16 bits per heavy atom. The molecule has 25 heavy (non-hydrogen) atoms. The number of aryl methyl sites for hydroxylation is 2. The Morgan fingerprint density at radius 1 is 1.04 bits per heavy atom. The van der Waals surface area contributed by atoms with Gasteiger partial charge in [0, 0.05) is 26.7 Å². The van der Waals surface area contributed by atoms with Gasteiger partial charge in [0.05, 0.1) is 20.0 Å². The lowest BCUT2D eigenvalue weighted by Crippen LogP contribution is -2.39. The Morgan fingerprint density at radius 2 is 1.64 bits per heavy atom. The Hall–Kier alpha value is -1.20. The number of ether oxygens (including phenoxy) is 2. The Balaban J connectivity index is 2.90. The number of hydrogen-bond acceptors (Lipinski definition) is 6. The lowest BCUT2D eigenvalue weighted by Gasteiger charge is -2.20. The number of rotatable bonds is 10. The van der Waals surface area contributed by atoms with Gasteiger partial charge in [0.1, 0.15) is 10.6 Å². The summed E-state index contributed by atoms with van der Waals surface area (Å²) in [6, 6.07) is 3.20. The minimum absolute atomic E-state index is 0.00851. The minimum Gasteiger partial charge on any atom is -0.495 e. The zero-order valence-electron chi connectivity index (χ0n) is 15.2. The Labute approximate surface area is 150 Å². The molecule has 0 spiro atoms. The molecule has 1 aromatic rings. The van der Waals surface area contributed by atoms with Gasteiger partial charge < -0.3 is 9.47 Å². The molecule has 8 nitrogen and oxygen atoms in total. The van der Waals surface area contributed by atoms with Crippen LogP contribution in [0.3, 0.4) is 0 Å². The van der Waals surface area contributed by atoms with E-state index in [0.29, 0.717) is 0 Å². The number of hydrogen-bond donors (Lipinski definition) is 1. The van der Waals surface area contributed by atoms with Crippen LogP contribution in [0.5, 0.6) is 5.75 Å². The summed E-state index contributed by atoms with van der Waals surface area (Å²) in [6.45, 7) is 4.00. The highest BCUT2D eigenvalue weighted by Gasteiger charge is 2.22. The van der Waals surface area contributed by atoms with Gasteiger partial charge in [-0.25, -0.2) is 21.6 Å². The summed E-state index contributed by atoms with van der Waals surface area (Å²) in [7, 11) is -4.41.